The molecule has 0 aromatic carbocycles. The summed E-state index contributed by atoms with van der Waals surface area (Å²) in [6, 6.07) is 9.86. The molecule has 0 unspecified atom stereocenters. The van der Waals surface area contributed by atoms with Gasteiger partial charge in [0.15, 0.2) is 11.6 Å². The monoisotopic (exact) mass is 318 g/mol. The zero-order valence-corrected chi connectivity index (χ0v) is 12.2. The van der Waals surface area contributed by atoms with E-state index in [-0.39, 0.29) is 11.3 Å². The summed E-state index contributed by atoms with van der Waals surface area (Å²) in [6.07, 6.45) is 4.37. The molecule has 0 radical (unpaired) electrons. The summed E-state index contributed by atoms with van der Waals surface area (Å²) in [7, 11) is 0. The van der Waals surface area contributed by atoms with Gasteiger partial charge >= 0.3 is 0 Å². The first-order chi connectivity index (χ1) is 11.7. The van der Waals surface area contributed by atoms with Gasteiger partial charge in [0.25, 0.3) is 0 Å². The Morgan fingerprint density at radius 3 is 2.08 bits per heavy atom. The molecule has 0 fully saturated rings. The van der Waals surface area contributed by atoms with Gasteiger partial charge in [-0.3, -0.25) is 15.0 Å². The molecule has 0 aliphatic heterocycles. The van der Waals surface area contributed by atoms with E-state index in [0.29, 0.717) is 28.1 Å². The largest absolute Gasteiger partial charge is 0.254 e. The lowest BCUT2D eigenvalue weighted by Gasteiger charge is -2.07. The van der Waals surface area contributed by atoms with Gasteiger partial charge in [-0.25, -0.2) is 8.78 Å². The Morgan fingerprint density at radius 2 is 1.50 bits per heavy atom. The highest BCUT2D eigenvalue weighted by Crippen LogP contribution is 2.44. The van der Waals surface area contributed by atoms with Crippen molar-refractivity contribution in [3.63, 3.8) is 0 Å². The summed E-state index contributed by atoms with van der Waals surface area (Å²) in [5.74, 6) is -2.20. The van der Waals surface area contributed by atoms with E-state index in [4.69, 9.17) is 0 Å². The van der Waals surface area contributed by atoms with Crippen molar-refractivity contribution in [3.05, 3.63) is 77.4 Å². The molecule has 1 aliphatic carbocycles. The van der Waals surface area contributed by atoms with Crippen LogP contribution in [0.4, 0.5) is 8.78 Å². The molecule has 0 N–H and O–H groups in total. The van der Waals surface area contributed by atoms with Crippen LogP contribution in [0.2, 0.25) is 0 Å². The Hall–Kier alpha value is -3.46. The fourth-order valence-electron chi connectivity index (χ4n) is 2.83. The Kier molecular flexibility index (Phi) is 3.14. The van der Waals surface area contributed by atoms with Gasteiger partial charge in [0.2, 0.25) is 0 Å². The molecule has 3 aromatic heterocycles. The van der Waals surface area contributed by atoms with Gasteiger partial charge < -0.3 is 0 Å². The van der Waals surface area contributed by atoms with E-state index in [1.807, 2.05) is 6.07 Å². The van der Waals surface area contributed by atoms with Gasteiger partial charge in [0.05, 0.1) is 17.0 Å². The van der Waals surface area contributed by atoms with Gasteiger partial charge in [-0.2, -0.15) is 5.26 Å². The average Bonchev–Trinajstić information content (AvgIpc) is 2.94. The van der Waals surface area contributed by atoms with Gasteiger partial charge in [-0.05, 0) is 18.2 Å². The molecule has 3 heterocycles. The van der Waals surface area contributed by atoms with Crippen LogP contribution in [0.1, 0.15) is 16.8 Å². The molecule has 4 rings (SSSR count). The third-order valence-electron chi connectivity index (χ3n) is 3.82. The lowest BCUT2D eigenvalue weighted by atomic mass is 9.97. The zero-order valence-electron chi connectivity index (χ0n) is 12.2. The molecule has 3 aromatic rings. The smallest absolute Gasteiger partial charge is 0.185 e. The first-order valence-corrected chi connectivity index (χ1v) is 7.08. The number of pyridine rings is 3. The molecule has 0 amide bonds. The number of fused-ring (bicyclic) bond motifs is 3. The van der Waals surface area contributed by atoms with Crippen LogP contribution < -0.4 is 0 Å². The summed E-state index contributed by atoms with van der Waals surface area (Å²) in [5, 5.41) is 9.63. The number of halogens is 2. The molecule has 0 saturated heterocycles. The van der Waals surface area contributed by atoms with E-state index < -0.39 is 11.6 Å². The van der Waals surface area contributed by atoms with Crippen molar-refractivity contribution >= 4 is 11.1 Å². The molecular weight excluding hydrogens is 310 g/mol. The minimum Gasteiger partial charge on any atom is -0.254 e. The molecule has 0 spiro atoms. The van der Waals surface area contributed by atoms with Crippen LogP contribution in [-0.4, -0.2) is 15.0 Å². The number of allylic oxidation sites excluding steroid dienone is 1. The second kappa shape index (κ2) is 5.32. The molecule has 0 atom stereocenters. The first kappa shape index (κ1) is 14.2. The minimum atomic E-state index is -1.15. The topological polar surface area (TPSA) is 62.5 Å². The van der Waals surface area contributed by atoms with Gasteiger partial charge in [0, 0.05) is 35.3 Å². The van der Waals surface area contributed by atoms with Crippen LogP contribution in [0.3, 0.4) is 0 Å². The molecule has 114 valence electrons. The lowest BCUT2D eigenvalue weighted by Crippen LogP contribution is -1.99. The molecule has 0 saturated carbocycles. The maximum absolute atomic E-state index is 14.2. The van der Waals surface area contributed by atoms with Crippen LogP contribution in [0.15, 0.2) is 48.9 Å². The molecular formula is C18H8F2N4. The maximum atomic E-state index is 14.2. The molecule has 0 bridgehead atoms. The summed E-state index contributed by atoms with van der Waals surface area (Å²) < 4.78 is 27.8. The van der Waals surface area contributed by atoms with Gasteiger partial charge in [-0.1, -0.05) is 12.1 Å². The molecule has 1 aliphatic rings. The van der Waals surface area contributed by atoms with E-state index in [1.165, 1.54) is 0 Å². The highest BCUT2D eigenvalue weighted by molar-refractivity contribution is 6.11. The van der Waals surface area contributed by atoms with Crippen LogP contribution in [0.5, 0.6) is 0 Å². The van der Waals surface area contributed by atoms with Crippen molar-refractivity contribution in [1.29, 1.82) is 5.26 Å². The number of hydrogen-bond donors (Lipinski definition) is 0. The predicted octanol–water partition coefficient (Wildman–Crippen LogP) is 3.61. The van der Waals surface area contributed by atoms with Crippen molar-refractivity contribution < 1.29 is 8.78 Å². The second-order valence-electron chi connectivity index (χ2n) is 5.12. The molecule has 6 heteroatoms. The van der Waals surface area contributed by atoms with Crippen LogP contribution >= 0.6 is 0 Å². The molecule has 24 heavy (non-hydrogen) atoms. The summed E-state index contributed by atoms with van der Waals surface area (Å²) in [5.41, 5.74) is 2.59. The van der Waals surface area contributed by atoms with E-state index >= 15 is 0 Å². The third-order valence-corrected chi connectivity index (χ3v) is 3.82. The van der Waals surface area contributed by atoms with Crippen molar-refractivity contribution in [2.24, 2.45) is 0 Å². The zero-order chi connectivity index (χ0) is 16.7. The van der Waals surface area contributed by atoms with Crippen molar-refractivity contribution in [2.45, 2.75) is 0 Å². The Bertz CT molecular complexity index is 1000. The van der Waals surface area contributed by atoms with E-state index in [0.717, 1.165) is 12.3 Å². The van der Waals surface area contributed by atoms with Gasteiger partial charge in [-0.15, -0.1) is 0 Å². The molecule has 4 nitrogen and oxygen atoms in total. The van der Waals surface area contributed by atoms with E-state index in [2.05, 4.69) is 15.0 Å². The Balaban J connectivity index is 2.12. The summed E-state index contributed by atoms with van der Waals surface area (Å²) in [6.45, 7) is 0. The van der Waals surface area contributed by atoms with E-state index in [9.17, 15) is 14.0 Å². The maximum Gasteiger partial charge on any atom is 0.185 e. The van der Waals surface area contributed by atoms with Gasteiger partial charge in [0.1, 0.15) is 11.8 Å². The number of hydrogen-bond acceptors (Lipinski definition) is 4. The lowest BCUT2D eigenvalue weighted by molar-refractivity contribution is 0.501. The SMILES string of the molecule is N#CC(=C1c2cccnc2-c2ncccc21)c1nccc(F)c1F. The number of nitrogens with zero attached hydrogens (tertiary/aromatic N) is 4. The standard InChI is InChI=1S/C18H8F2N4/c19-13-5-8-24-16(15(13)20)12(9-21)14-10-3-1-6-22-17(10)18-11(14)4-2-7-23-18/h1-8H. The normalized spacial score (nSPS) is 11.6. The van der Waals surface area contributed by atoms with Crippen LogP contribution in [0, 0.1) is 23.0 Å². The highest BCUT2D eigenvalue weighted by atomic mass is 19.2. The number of nitriles is 1. The Labute approximate surface area is 135 Å². The quantitative estimate of drug-likeness (QED) is 0.503. The number of rotatable bonds is 1. The summed E-state index contributed by atoms with van der Waals surface area (Å²) in [4.78, 5) is 12.5. The van der Waals surface area contributed by atoms with E-state index in [1.54, 1.807) is 36.7 Å². The van der Waals surface area contributed by atoms with Crippen LogP contribution in [0.25, 0.3) is 22.5 Å². The fraction of sp³-hybridized carbons (Fsp3) is 0. The van der Waals surface area contributed by atoms with Crippen molar-refractivity contribution in [3.8, 4) is 17.5 Å². The van der Waals surface area contributed by atoms with Crippen molar-refractivity contribution in [1.82, 2.24) is 15.0 Å². The Morgan fingerprint density at radius 1 is 0.875 bits per heavy atom. The van der Waals surface area contributed by atoms with Crippen molar-refractivity contribution in [2.75, 3.05) is 0 Å². The number of aromatic nitrogens is 3. The highest BCUT2D eigenvalue weighted by Gasteiger charge is 2.30. The second-order valence-corrected chi connectivity index (χ2v) is 5.12. The van der Waals surface area contributed by atoms with Crippen LogP contribution in [-0.2, 0) is 0 Å². The predicted molar refractivity (Wildman–Crippen MR) is 83.2 cm³/mol. The fourth-order valence-corrected chi connectivity index (χ4v) is 2.83. The minimum absolute atomic E-state index is 0.0481. The first-order valence-electron chi connectivity index (χ1n) is 7.08. The average molecular weight is 318 g/mol. The summed E-state index contributed by atoms with van der Waals surface area (Å²) >= 11 is 0. The third kappa shape index (κ3) is 1.92.